The number of hydrogen-bond donors (Lipinski definition) is 1. The van der Waals surface area contributed by atoms with Gasteiger partial charge in [-0.25, -0.2) is 0 Å². The molecule has 5 nitrogen and oxygen atoms in total. The summed E-state index contributed by atoms with van der Waals surface area (Å²) < 4.78 is 10.7. The minimum atomic E-state index is -0.798. The molecule has 0 aromatic carbocycles. The van der Waals surface area contributed by atoms with Crippen LogP contribution in [-0.4, -0.2) is 36.4 Å². The molecule has 0 bridgehead atoms. The fraction of sp³-hybridized carbons (Fsp3) is 0.662. The van der Waals surface area contributed by atoms with Crippen molar-refractivity contribution in [3.8, 4) is 0 Å². The van der Waals surface area contributed by atoms with Crippen LogP contribution in [0.2, 0.25) is 0 Å². The molecule has 0 saturated carbocycles. The molecule has 0 heterocycles. The number of allylic oxidation sites excluding steroid dienone is 22. The second kappa shape index (κ2) is 65.3. The van der Waals surface area contributed by atoms with Crippen LogP contribution in [0.4, 0.5) is 0 Å². The molecular weight excluding hydrogens is 933 g/mol. The van der Waals surface area contributed by atoms with E-state index in [4.69, 9.17) is 9.47 Å². The first-order valence-corrected chi connectivity index (χ1v) is 31.7. The van der Waals surface area contributed by atoms with Gasteiger partial charge in [-0.2, -0.15) is 0 Å². The molecule has 0 spiro atoms. The molecule has 0 aliphatic heterocycles. The number of carbonyl (C=O) groups excluding carboxylic acids is 2. The molecule has 0 aromatic rings. The number of aliphatic hydroxyl groups is 1. The molecule has 0 amide bonds. The van der Waals surface area contributed by atoms with E-state index in [0.717, 1.165) is 116 Å². The number of unbranched alkanes of at least 4 members (excludes halogenated alkanes) is 27. The van der Waals surface area contributed by atoms with Crippen molar-refractivity contribution in [2.24, 2.45) is 0 Å². The molecule has 0 fully saturated rings. The lowest BCUT2D eigenvalue weighted by atomic mass is 10.0. The summed E-state index contributed by atoms with van der Waals surface area (Å²) in [5, 5.41) is 9.67. The van der Waals surface area contributed by atoms with Crippen LogP contribution in [0.25, 0.3) is 0 Å². The zero-order valence-corrected chi connectivity index (χ0v) is 49.5. The van der Waals surface area contributed by atoms with E-state index in [9.17, 15) is 14.7 Å². The number of hydrogen-bond acceptors (Lipinski definition) is 5. The van der Waals surface area contributed by atoms with Crippen molar-refractivity contribution in [3.63, 3.8) is 0 Å². The minimum absolute atomic E-state index is 0.0844. The lowest BCUT2D eigenvalue weighted by Gasteiger charge is -2.15. The van der Waals surface area contributed by atoms with E-state index in [1.54, 1.807) is 0 Å². The van der Waals surface area contributed by atoms with Crippen molar-refractivity contribution < 1.29 is 24.2 Å². The summed E-state index contributed by atoms with van der Waals surface area (Å²) >= 11 is 0. The summed E-state index contributed by atoms with van der Waals surface area (Å²) in [7, 11) is 0. The van der Waals surface area contributed by atoms with E-state index in [1.165, 1.54) is 141 Å². The fourth-order valence-electron chi connectivity index (χ4n) is 8.76. The van der Waals surface area contributed by atoms with Crippen LogP contribution in [0.15, 0.2) is 134 Å². The Bertz CT molecular complexity index is 1570. The van der Waals surface area contributed by atoms with Gasteiger partial charge in [-0.3, -0.25) is 9.59 Å². The number of aliphatic hydroxyl groups excluding tert-OH is 1. The zero-order valence-electron chi connectivity index (χ0n) is 49.5. The molecule has 0 aromatic heterocycles. The number of carbonyl (C=O) groups is 2. The lowest BCUT2D eigenvalue weighted by Crippen LogP contribution is -2.28. The van der Waals surface area contributed by atoms with Gasteiger partial charge in [0.15, 0.2) is 6.10 Å². The van der Waals surface area contributed by atoms with Gasteiger partial charge in [-0.1, -0.05) is 295 Å². The van der Waals surface area contributed by atoms with Crippen LogP contribution in [0, 0.1) is 0 Å². The van der Waals surface area contributed by atoms with E-state index in [-0.39, 0.29) is 25.2 Å². The Morgan fingerprint density at radius 1 is 0.303 bits per heavy atom. The van der Waals surface area contributed by atoms with Crippen molar-refractivity contribution in [3.05, 3.63) is 134 Å². The van der Waals surface area contributed by atoms with Crippen LogP contribution in [0.3, 0.4) is 0 Å². The second-order valence-corrected chi connectivity index (χ2v) is 20.7. The van der Waals surface area contributed by atoms with Crippen LogP contribution in [0.5, 0.6) is 0 Å². The van der Waals surface area contributed by atoms with Crippen molar-refractivity contribution in [1.29, 1.82) is 0 Å². The SMILES string of the molecule is CC/C=C\C/C=C\C/C=C\C/C=C\C/C=C\C/C=C\C/C=C\CCCCCC(=O)OC(CO)COC(=O)CCCCCCCCCCCCCCCCCCCCCCCCCC/C=C\C/C=C\C/C=C\C/C=C\CC. The summed E-state index contributed by atoms with van der Waals surface area (Å²) in [5.41, 5.74) is 0. The number of ether oxygens (including phenoxy) is 2. The van der Waals surface area contributed by atoms with E-state index >= 15 is 0 Å². The minimum Gasteiger partial charge on any atom is -0.462 e. The summed E-state index contributed by atoms with van der Waals surface area (Å²) in [5.74, 6) is -0.627. The first-order valence-electron chi connectivity index (χ1n) is 31.7. The highest BCUT2D eigenvalue weighted by Gasteiger charge is 2.16. The lowest BCUT2D eigenvalue weighted by molar-refractivity contribution is -0.161. The van der Waals surface area contributed by atoms with E-state index < -0.39 is 6.10 Å². The van der Waals surface area contributed by atoms with Crippen molar-refractivity contribution in [2.45, 2.75) is 290 Å². The summed E-state index contributed by atoms with van der Waals surface area (Å²) in [6.45, 7) is 3.90. The van der Waals surface area contributed by atoms with Gasteiger partial charge >= 0.3 is 11.9 Å². The van der Waals surface area contributed by atoms with E-state index in [0.29, 0.717) is 12.8 Å². The highest BCUT2D eigenvalue weighted by atomic mass is 16.6. The number of esters is 2. The summed E-state index contributed by atoms with van der Waals surface area (Å²) in [6, 6.07) is 0. The van der Waals surface area contributed by atoms with Gasteiger partial charge < -0.3 is 14.6 Å². The standard InChI is InChI=1S/C71H118O5/c1-3-5-7-9-11-13-15-17-19-21-23-25-27-29-30-31-32-33-34-35-36-37-38-39-40-42-43-45-47-49-51-53-55-57-59-61-63-65-70(73)75-68-69(67-72)76-71(74)66-64-62-60-58-56-54-52-50-48-46-44-41-28-26-24-22-20-18-16-14-12-10-8-6-4-2/h5-8,11-14,17-20,23-26,41,44,48,50,54,56,69,72H,3-4,9-10,15-16,21-22,27-40,42-43,45-47,49,51-53,55,57-68H2,1-2H3/b7-5-,8-6-,13-11-,14-12-,19-17-,20-18-,25-23-,26-24-,44-41-,50-48-,56-54-. The Labute approximate surface area is 470 Å². The van der Waals surface area contributed by atoms with Gasteiger partial charge in [-0.05, 0) is 109 Å². The normalized spacial score (nSPS) is 13.1. The van der Waals surface area contributed by atoms with Crippen molar-refractivity contribution in [2.75, 3.05) is 13.2 Å². The molecular formula is C71H118O5. The third-order valence-corrected chi connectivity index (χ3v) is 13.4. The maximum absolute atomic E-state index is 12.3. The Balaban J connectivity index is 3.50. The van der Waals surface area contributed by atoms with E-state index in [2.05, 4.69) is 148 Å². The maximum Gasteiger partial charge on any atom is 0.306 e. The molecule has 0 saturated heterocycles. The van der Waals surface area contributed by atoms with Crippen LogP contribution >= 0.6 is 0 Å². The predicted octanol–water partition coefficient (Wildman–Crippen LogP) is 22.0. The Hall–Kier alpha value is -3.96. The smallest absolute Gasteiger partial charge is 0.306 e. The van der Waals surface area contributed by atoms with Gasteiger partial charge in [0.25, 0.3) is 0 Å². The molecule has 5 heteroatoms. The molecule has 432 valence electrons. The molecule has 0 rings (SSSR count). The largest absolute Gasteiger partial charge is 0.462 e. The molecule has 1 N–H and O–H groups in total. The average Bonchev–Trinajstić information content (AvgIpc) is 3.42. The monoisotopic (exact) mass is 1050 g/mol. The van der Waals surface area contributed by atoms with Crippen LogP contribution in [-0.2, 0) is 19.1 Å². The Morgan fingerprint density at radius 3 is 0.803 bits per heavy atom. The number of rotatable bonds is 57. The maximum atomic E-state index is 12.3. The topological polar surface area (TPSA) is 72.8 Å². The van der Waals surface area contributed by atoms with Crippen molar-refractivity contribution >= 4 is 11.9 Å². The third-order valence-electron chi connectivity index (χ3n) is 13.4. The third kappa shape index (κ3) is 62.6. The van der Waals surface area contributed by atoms with E-state index in [1.807, 2.05) is 0 Å². The summed E-state index contributed by atoms with van der Waals surface area (Å²) in [6.07, 6.45) is 97.4. The fourth-order valence-corrected chi connectivity index (χ4v) is 8.76. The van der Waals surface area contributed by atoms with Crippen molar-refractivity contribution in [1.82, 2.24) is 0 Å². The van der Waals surface area contributed by atoms with Gasteiger partial charge in [0.1, 0.15) is 6.61 Å². The van der Waals surface area contributed by atoms with Crippen LogP contribution in [0.1, 0.15) is 284 Å². The highest BCUT2D eigenvalue weighted by Crippen LogP contribution is 2.17. The molecule has 0 radical (unpaired) electrons. The molecule has 76 heavy (non-hydrogen) atoms. The zero-order chi connectivity index (χ0) is 54.8. The molecule has 1 unspecified atom stereocenters. The average molecular weight is 1050 g/mol. The molecule has 0 aliphatic carbocycles. The first-order chi connectivity index (χ1) is 37.6. The quantitative estimate of drug-likeness (QED) is 0.0373. The van der Waals surface area contributed by atoms with Crippen LogP contribution < -0.4 is 0 Å². The van der Waals surface area contributed by atoms with Gasteiger partial charge in [0.05, 0.1) is 6.61 Å². The Morgan fingerprint density at radius 2 is 0.526 bits per heavy atom. The molecule has 1 atom stereocenters. The Kier molecular flexibility index (Phi) is 61.9. The first kappa shape index (κ1) is 72.0. The van der Waals surface area contributed by atoms with Gasteiger partial charge in [0.2, 0.25) is 0 Å². The molecule has 0 aliphatic rings. The predicted molar refractivity (Wildman–Crippen MR) is 334 cm³/mol. The second-order valence-electron chi connectivity index (χ2n) is 20.7. The van der Waals surface area contributed by atoms with Gasteiger partial charge in [0, 0.05) is 12.8 Å². The highest BCUT2D eigenvalue weighted by molar-refractivity contribution is 5.70. The van der Waals surface area contributed by atoms with Gasteiger partial charge in [-0.15, -0.1) is 0 Å². The summed E-state index contributed by atoms with van der Waals surface area (Å²) in [4.78, 5) is 24.6.